The minimum atomic E-state index is 0. The normalized spacial score (nSPS) is 27.1. The zero-order valence-corrected chi connectivity index (χ0v) is 12.0. The smallest absolute Gasteiger partial charge is 0.225 e. The fourth-order valence-electron chi connectivity index (χ4n) is 2.60. The Kier molecular flexibility index (Phi) is 6.39. The van der Waals surface area contributed by atoms with Gasteiger partial charge in [0.15, 0.2) is 0 Å². The van der Waals surface area contributed by atoms with Crippen molar-refractivity contribution in [2.45, 2.75) is 32.6 Å². The second-order valence-corrected chi connectivity index (χ2v) is 5.69. The molecule has 2 aliphatic heterocycles. The highest BCUT2D eigenvalue weighted by Crippen LogP contribution is 2.27. The van der Waals surface area contributed by atoms with Gasteiger partial charge in [0.25, 0.3) is 0 Å². The summed E-state index contributed by atoms with van der Waals surface area (Å²) in [5.74, 6) is 0.263. The molecule has 2 fully saturated rings. The van der Waals surface area contributed by atoms with Gasteiger partial charge in [0.2, 0.25) is 5.91 Å². The second kappa shape index (κ2) is 7.31. The average molecular weight is 277 g/mol. The van der Waals surface area contributed by atoms with Crippen LogP contribution >= 0.6 is 12.4 Å². The third kappa shape index (κ3) is 4.41. The Morgan fingerprint density at radius 2 is 2.17 bits per heavy atom. The van der Waals surface area contributed by atoms with Gasteiger partial charge in [-0.3, -0.25) is 4.79 Å². The van der Waals surface area contributed by atoms with Crippen LogP contribution < -0.4 is 10.6 Å². The van der Waals surface area contributed by atoms with Crippen LogP contribution in [0, 0.1) is 11.3 Å². The largest absolute Gasteiger partial charge is 0.381 e. The molecule has 2 aliphatic rings. The van der Waals surface area contributed by atoms with E-state index in [1.165, 1.54) is 0 Å². The molecule has 0 saturated carbocycles. The maximum absolute atomic E-state index is 12.0. The average Bonchev–Trinajstić information content (AvgIpc) is 2.38. The highest BCUT2D eigenvalue weighted by atomic mass is 35.5. The van der Waals surface area contributed by atoms with Gasteiger partial charge >= 0.3 is 0 Å². The first-order valence-corrected chi connectivity index (χ1v) is 6.76. The molecule has 0 aliphatic carbocycles. The molecule has 4 nitrogen and oxygen atoms in total. The number of amides is 1. The Hall–Kier alpha value is -0.320. The molecule has 0 aromatic heterocycles. The van der Waals surface area contributed by atoms with Crippen molar-refractivity contribution in [2.75, 3.05) is 32.8 Å². The van der Waals surface area contributed by atoms with E-state index in [0.717, 1.165) is 51.9 Å². The van der Waals surface area contributed by atoms with E-state index in [4.69, 9.17) is 4.74 Å². The predicted octanol–water partition coefficient (Wildman–Crippen LogP) is 1.34. The summed E-state index contributed by atoms with van der Waals surface area (Å²) in [4.78, 5) is 12.0. The number of halogens is 1. The highest BCUT2D eigenvalue weighted by Gasteiger charge is 2.29. The van der Waals surface area contributed by atoms with Crippen LogP contribution in [0.25, 0.3) is 0 Å². The maximum atomic E-state index is 12.0. The fraction of sp³-hybridized carbons (Fsp3) is 0.923. The fourth-order valence-corrected chi connectivity index (χ4v) is 2.60. The third-order valence-corrected chi connectivity index (χ3v) is 4.03. The molecule has 2 N–H and O–H groups in total. The number of rotatable bonds is 3. The number of carbonyl (C=O) groups is 1. The van der Waals surface area contributed by atoms with Crippen molar-refractivity contribution in [1.82, 2.24) is 10.6 Å². The van der Waals surface area contributed by atoms with Gasteiger partial charge in [-0.2, -0.15) is 0 Å². The first-order chi connectivity index (χ1) is 8.20. The number of ether oxygens (including phenoxy) is 1. The van der Waals surface area contributed by atoms with Crippen LogP contribution in [0.4, 0.5) is 0 Å². The molecular weight excluding hydrogens is 252 g/mol. The number of piperidine rings is 1. The molecule has 1 amide bonds. The van der Waals surface area contributed by atoms with Gasteiger partial charge in [0.1, 0.15) is 0 Å². The van der Waals surface area contributed by atoms with Gasteiger partial charge < -0.3 is 15.4 Å². The predicted molar refractivity (Wildman–Crippen MR) is 74.0 cm³/mol. The maximum Gasteiger partial charge on any atom is 0.225 e. The summed E-state index contributed by atoms with van der Waals surface area (Å²) in [6.45, 7) is 6.63. The van der Waals surface area contributed by atoms with Crippen molar-refractivity contribution < 1.29 is 9.53 Å². The molecule has 5 heteroatoms. The van der Waals surface area contributed by atoms with E-state index < -0.39 is 0 Å². The molecule has 2 saturated heterocycles. The van der Waals surface area contributed by atoms with Gasteiger partial charge in [-0.25, -0.2) is 0 Å². The van der Waals surface area contributed by atoms with Crippen LogP contribution in [-0.4, -0.2) is 38.8 Å². The molecule has 18 heavy (non-hydrogen) atoms. The van der Waals surface area contributed by atoms with E-state index in [2.05, 4.69) is 17.6 Å². The summed E-state index contributed by atoms with van der Waals surface area (Å²) in [5.41, 5.74) is 0.274. The SMILES string of the molecule is CC1(CNC(=O)C2CCCOC2)CCNCC1.Cl. The summed E-state index contributed by atoms with van der Waals surface area (Å²) in [6, 6.07) is 0. The van der Waals surface area contributed by atoms with Crippen molar-refractivity contribution in [1.29, 1.82) is 0 Å². The van der Waals surface area contributed by atoms with Gasteiger partial charge in [-0.1, -0.05) is 6.92 Å². The van der Waals surface area contributed by atoms with Gasteiger partial charge in [0.05, 0.1) is 12.5 Å². The summed E-state index contributed by atoms with van der Waals surface area (Å²) in [6.07, 6.45) is 4.28. The molecule has 1 atom stereocenters. The van der Waals surface area contributed by atoms with Crippen LogP contribution in [0.15, 0.2) is 0 Å². The lowest BCUT2D eigenvalue weighted by molar-refractivity contribution is -0.129. The van der Waals surface area contributed by atoms with E-state index in [-0.39, 0.29) is 29.6 Å². The summed E-state index contributed by atoms with van der Waals surface area (Å²) < 4.78 is 5.35. The van der Waals surface area contributed by atoms with E-state index >= 15 is 0 Å². The van der Waals surface area contributed by atoms with Crippen LogP contribution in [-0.2, 0) is 9.53 Å². The summed E-state index contributed by atoms with van der Waals surface area (Å²) in [5, 5.41) is 6.47. The van der Waals surface area contributed by atoms with Crippen molar-refractivity contribution >= 4 is 18.3 Å². The molecule has 0 bridgehead atoms. The minimum Gasteiger partial charge on any atom is -0.381 e. The Morgan fingerprint density at radius 1 is 1.44 bits per heavy atom. The first-order valence-electron chi connectivity index (χ1n) is 6.76. The lowest BCUT2D eigenvalue weighted by Crippen LogP contribution is -2.45. The summed E-state index contributed by atoms with van der Waals surface area (Å²) >= 11 is 0. The lowest BCUT2D eigenvalue weighted by Gasteiger charge is -2.34. The summed E-state index contributed by atoms with van der Waals surface area (Å²) in [7, 11) is 0. The number of hydrogen-bond donors (Lipinski definition) is 2. The van der Waals surface area contributed by atoms with Gasteiger partial charge in [-0.05, 0) is 44.2 Å². The van der Waals surface area contributed by atoms with Crippen LogP contribution in [0.1, 0.15) is 32.6 Å². The zero-order valence-electron chi connectivity index (χ0n) is 11.2. The zero-order chi connectivity index (χ0) is 12.1. The molecule has 1 unspecified atom stereocenters. The first kappa shape index (κ1) is 15.7. The van der Waals surface area contributed by atoms with E-state index in [9.17, 15) is 4.79 Å². The number of hydrogen-bond acceptors (Lipinski definition) is 3. The monoisotopic (exact) mass is 276 g/mol. The topological polar surface area (TPSA) is 50.4 Å². The molecule has 106 valence electrons. The number of carbonyl (C=O) groups excluding carboxylic acids is 1. The quantitative estimate of drug-likeness (QED) is 0.818. The molecule has 0 radical (unpaired) electrons. The van der Waals surface area contributed by atoms with E-state index in [0.29, 0.717) is 6.61 Å². The Morgan fingerprint density at radius 3 is 2.78 bits per heavy atom. The molecular formula is C13H25ClN2O2. The van der Waals surface area contributed by atoms with Crippen LogP contribution in [0.3, 0.4) is 0 Å². The molecule has 2 rings (SSSR count). The third-order valence-electron chi connectivity index (χ3n) is 4.03. The van der Waals surface area contributed by atoms with Crippen molar-refractivity contribution in [3.63, 3.8) is 0 Å². The van der Waals surface area contributed by atoms with Gasteiger partial charge in [-0.15, -0.1) is 12.4 Å². The van der Waals surface area contributed by atoms with Crippen molar-refractivity contribution in [3.05, 3.63) is 0 Å². The Labute approximate surface area is 116 Å². The number of nitrogens with one attached hydrogen (secondary N) is 2. The molecule has 2 heterocycles. The minimum absolute atomic E-state index is 0. The highest BCUT2D eigenvalue weighted by molar-refractivity contribution is 5.85. The molecule has 0 aromatic rings. The van der Waals surface area contributed by atoms with E-state index in [1.807, 2.05) is 0 Å². The van der Waals surface area contributed by atoms with E-state index in [1.54, 1.807) is 0 Å². The Bertz CT molecular complexity index is 262. The molecule has 0 spiro atoms. The molecule has 0 aromatic carbocycles. The standard InChI is InChI=1S/C13H24N2O2.ClH/c1-13(4-6-14-7-5-13)10-15-12(16)11-3-2-8-17-9-11;/h11,14H,2-10H2,1H3,(H,15,16);1H. The Balaban J connectivity index is 0.00000162. The van der Waals surface area contributed by atoms with Crippen molar-refractivity contribution in [2.24, 2.45) is 11.3 Å². The second-order valence-electron chi connectivity index (χ2n) is 5.69. The lowest BCUT2D eigenvalue weighted by atomic mass is 9.81. The van der Waals surface area contributed by atoms with Crippen LogP contribution in [0.5, 0.6) is 0 Å². The van der Waals surface area contributed by atoms with Crippen LogP contribution in [0.2, 0.25) is 0 Å². The van der Waals surface area contributed by atoms with Crippen molar-refractivity contribution in [3.8, 4) is 0 Å². The van der Waals surface area contributed by atoms with Gasteiger partial charge in [0, 0.05) is 13.2 Å².